The third-order valence-corrected chi connectivity index (χ3v) is 7.12. The zero-order chi connectivity index (χ0) is 23.3. The molecule has 2 aromatic rings. The molecule has 0 radical (unpaired) electrons. The normalized spacial score (nSPS) is 15.1. The maximum Gasteiger partial charge on any atom is 0.262 e. The number of rotatable bonds is 7. The molecule has 1 fully saturated rings. The molecule has 0 unspecified atom stereocenters. The first-order chi connectivity index (χ1) is 15.3. The van der Waals surface area contributed by atoms with Gasteiger partial charge in [0.15, 0.2) is 0 Å². The smallest absolute Gasteiger partial charge is 0.262 e. The number of halogens is 1. The molecule has 172 valence electrons. The van der Waals surface area contributed by atoms with Crippen LogP contribution in [-0.4, -0.2) is 41.2 Å². The van der Waals surface area contributed by atoms with E-state index in [4.69, 9.17) is 0 Å². The molecule has 1 aromatic heterocycles. The average molecular weight is 460 g/mol. The first kappa shape index (κ1) is 23.9. The highest BCUT2D eigenvalue weighted by molar-refractivity contribution is 7.18. The third kappa shape index (κ3) is 5.18. The predicted octanol–water partition coefficient (Wildman–Crippen LogP) is 4.75. The van der Waals surface area contributed by atoms with Crippen molar-refractivity contribution in [2.75, 3.05) is 18.4 Å². The Morgan fingerprint density at radius 3 is 2.38 bits per heavy atom. The number of hydrogen-bond donors (Lipinski definition) is 2. The number of aryl methyl sites for hydroxylation is 1. The van der Waals surface area contributed by atoms with E-state index in [0.29, 0.717) is 41.4 Å². The minimum absolute atomic E-state index is 0.0237. The second kappa shape index (κ2) is 10.3. The van der Waals surface area contributed by atoms with Crippen LogP contribution < -0.4 is 10.6 Å². The average Bonchev–Trinajstić information content (AvgIpc) is 3.15. The van der Waals surface area contributed by atoms with E-state index >= 15 is 0 Å². The van der Waals surface area contributed by atoms with Crippen LogP contribution in [0, 0.1) is 12.7 Å². The van der Waals surface area contributed by atoms with Gasteiger partial charge in [-0.3, -0.25) is 14.4 Å². The molecule has 1 aliphatic carbocycles. The number of carbonyl (C=O) groups is 3. The van der Waals surface area contributed by atoms with Gasteiger partial charge in [-0.25, -0.2) is 4.39 Å². The maximum absolute atomic E-state index is 13.4. The zero-order valence-corrected chi connectivity index (χ0v) is 19.6. The molecule has 0 saturated heterocycles. The predicted molar refractivity (Wildman–Crippen MR) is 125 cm³/mol. The Hall–Kier alpha value is -2.74. The summed E-state index contributed by atoms with van der Waals surface area (Å²) in [6, 6.07) is 7.15. The Bertz CT molecular complexity index is 994. The topological polar surface area (TPSA) is 78.5 Å². The number of nitrogens with one attached hydrogen (secondary N) is 2. The molecule has 1 aliphatic rings. The number of anilines is 1. The molecule has 0 spiro atoms. The van der Waals surface area contributed by atoms with Crippen molar-refractivity contribution < 1.29 is 18.8 Å². The molecule has 0 aliphatic heterocycles. The van der Waals surface area contributed by atoms with Crippen LogP contribution in [0.3, 0.4) is 0 Å². The van der Waals surface area contributed by atoms with Gasteiger partial charge in [-0.05, 0) is 63.4 Å². The highest BCUT2D eigenvalue weighted by Gasteiger charge is 2.43. The van der Waals surface area contributed by atoms with Crippen molar-refractivity contribution in [2.45, 2.75) is 58.4 Å². The second-order valence-corrected chi connectivity index (χ2v) is 9.21. The number of hydrogen-bond acceptors (Lipinski definition) is 4. The Kier molecular flexibility index (Phi) is 7.66. The summed E-state index contributed by atoms with van der Waals surface area (Å²) in [5, 5.41) is 6.29. The van der Waals surface area contributed by atoms with Crippen molar-refractivity contribution in [1.82, 2.24) is 10.2 Å². The SMILES string of the molecule is CCN(CC)C(=O)C1(NC(=O)c2sc(NC(=O)c3cccc(F)c3)cc2C)CCCCC1. The maximum atomic E-state index is 13.4. The van der Waals surface area contributed by atoms with Gasteiger partial charge in [0.25, 0.3) is 11.8 Å². The van der Waals surface area contributed by atoms with Crippen LogP contribution in [0.5, 0.6) is 0 Å². The van der Waals surface area contributed by atoms with Crippen LogP contribution in [0.2, 0.25) is 0 Å². The fourth-order valence-corrected chi connectivity index (χ4v) is 5.18. The number of nitrogens with zero attached hydrogens (tertiary/aromatic N) is 1. The van der Waals surface area contributed by atoms with Crippen LogP contribution in [0.25, 0.3) is 0 Å². The summed E-state index contributed by atoms with van der Waals surface area (Å²) < 4.78 is 13.4. The van der Waals surface area contributed by atoms with E-state index in [9.17, 15) is 18.8 Å². The van der Waals surface area contributed by atoms with Gasteiger partial charge < -0.3 is 15.5 Å². The molecule has 1 heterocycles. The standard InChI is InChI=1S/C24H30FN3O3S/c1-4-28(5-2)23(31)24(12-7-6-8-13-24)27-22(30)20-16(3)14-19(32-20)26-21(29)17-10-9-11-18(25)15-17/h9-11,14-15H,4-8,12-13H2,1-3H3,(H,26,29)(H,27,30). The van der Waals surface area contributed by atoms with Gasteiger partial charge in [-0.15, -0.1) is 11.3 Å². The first-order valence-electron chi connectivity index (χ1n) is 11.1. The van der Waals surface area contributed by atoms with Crippen LogP contribution >= 0.6 is 11.3 Å². The van der Waals surface area contributed by atoms with Gasteiger partial charge in [0.1, 0.15) is 11.4 Å². The number of thiophene rings is 1. The summed E-state index contributed by atoms with van der Waals surface area (Å²) in [6.07, 6.45) is 4.10. The summed E-state index contributed by atoms with van der Waals surface area (Å²) in [6.45, 7) is 6.87. The van der Waals surface area contributed by atoms with Gasteiger partial charge in [-0.2, -0.15) is 0 Å². The van der Waals surface area contributed by atoms with Crippen molar-refractivity contribution in [3.8, 4) is 0 Å². The summed E-state index contributed by atoms with van der Waals surface area (Å²) in [5.41, 5.74) is 0.0271. The molecule has 3 rings (SSSR count). The van der Waals surface area contributed by atoms with Crippen LogP contribution in [0.4, 0.5) is 9.39 Å². The Morgan fingerprint density at radius 1 is 1.06 bits per heavy atom. The van der Waals surface area contributed by atoms with Gasteiger partial charge in [0.05, 0.1) is 9.88 Å². The van der Waals surface area contributed by atoms with Gasteiger partial charge in [0, 0.05) is 18.7 Å². The molecular formula is C24H30FN3O3S. The third-order valence-electron chi connectivity index (χ3n) is 5.97. The van der Waals surface area contributed by atoms with Crippen LogP contribution in [0.1, 0.15) is 71.5 Å². The van der Waals surface area contributed by atoms with Crippen molar-refractivity contribution >= 4 is 34.1 Å². The van der Waals surface area contributed by atoms with E-state index in [-0.39, 0.29) is 17.4 Å². The van der Waals surface area contributed by atoms with Crippen LogP contribution in [-0.2, 0) is 4.79 Å². The number of likely N-dealkylation sites (N-methyl/N-ethyl adjacent to an activating group) is 1. The number of amides is 3. The van der Waals surface area contributed by atoms with E-state index in [0.717, 1.165) is 36.7 Å². The Morgan fingerprint density at radius 2 is 1.75 bits per heavy atom. The summed E-state index contributed by atoms with van der Waals surface area (Å²) in [4.78, 5) is 41.2. The van der Waals surface area contributed by atoms with Gasteiger partial charge in [-0.1, -0.05) is 25.3 Å². The highest BCUT2D eigenvalue weighted by atomic mass is 32.1. The Labute approximate surface area is 192 Å². The summed E-state index contributed by atoms with van der Waals surface area (Å²) in [7, 11) is 0. The molecule has 0 bridgehead atoms. The summed E-state index contributed by atoms with van der Waals surface area (Å²) in [5.74, 6) is -1.26. The van der Waals surface area contributed by atoms with E-state index < -0.39 is 17.3 Å². The molecule has 1 saturated carbocycles. The lowest BCUT2D eigenvalue weighted by molar-refractivity contribution is -0.139. The monoisotopic (exact) mass is 459 g/mol. The van der Waals surface area contributed by atoms with Gasteiger partial charge >= 0.3 is 0 Å². The first-order valence-corrected chi connectivity index (χ1v) is 11.9. The van der Waals surface area contributed by atoms with Crippen molar-refractivity contribution in [3.05, 3.63) is 52.2 Å². The Balaban J connectivity index is 1.78. The number of carbonyl (C=O) groups excluding carboxylic acids is 3. The zero-order valence-electron chi connectivity index (χ0n) is 18.8. The molecule has 32 heavy (non-hydrogen) atoms. The summed E-state index contributed by atoms with van der Waals surface area (Å²) >= 11 is 1.15. The highest BCUT2D eigenvalue weighted by Crippen LogP contribution is 2.33. The molecule has 6 nitrogen and oxygen atoms in total. The lowest BCUT2D eigenvalue weighted by Crippen LogP contribution is -2.60. The lowest BCUT2D eigenvalue weighted by Gasteiger charge is -2.40. The quantitative estimate of drug-likeness (QED) is 0.627. The van der Waals surface area contributed by atoms with E-state index in [1.165, 1.54) is 18.2 Å². The van der Waals surface area contributed by atoms with Gasteiger partial charge in [0.2, 0.25) is 5.91 Å². The van der Waals surface area contributed by atoms with Crippen molar-refractivity contribution in [3.63, 3.8) is 0 Å². The number of benzene rings is 1. The molecular weight excluding hydrogens is 429 g/mol. The fraction of sp³-hybridized carbons (Fsp3) is 0.458. The largest absolute Gasteiger partial charge is 0.341 e. The van der Waals surface area contributed by atoms with E-state index in [1.54, 1.807) is 17.9 Å². The van der Waals surface area contributed by atoms with E-state index in [2.05, 4.69) is 10.6 Å². The molecule has 0 atom stereocenters. The lowest BCUT2D eigenvalue weighted by atomic mass is 9.80. The van der Waals surface area contributed by atoms with E-state index in [1.807, 2.05) is 13.8 Å². The minimum atomic E-state index is -0.886. The molecule has 2 N–H and O–H groups in total. The van der Waals surface area contributed by atoms with Crippen molar-refractivity contribution in [2.24, 2.45) is 0 Å². The molecule has 8 heteroatoms. The molecule has 1 aromatic carbocycles. The van der Waals surface area contributed by atoms with Crippen LogP contribution in [0.15, 0.2) is 30.3 Å². The second-order valence-electron chi connectivity index (χ2n) is 8.16. The minimum Gasteiger partial charge on any atom is -0.341 e. The van der Waals surface area contributed by atoms with Crippen molar-refractivity contribution in [1.29, 1.82) is 0 Å². The fourth-order valence-electron chi connectivity index (χ4n) is 4.22. The molecule has 3 amide bonds.